The predicted octanol–water partition coefficient (Wildman–Crippen LogP) is 2.42. The van der Waals surface area contributed by atoms with Crippen molar-refractivity contribution in [2.45, 2.75) is 38.6 Å². The van der Waals surface area contributed by atoms with Gasteiger partial charge in [0.15, 0.2) is 0 Å². The summed E-state index contributed by atoms with van der Waals surface area (Å²) in [6.45, 7) is 4.59. The van der Waals surface area contributed by atoms with Crippen molar-refractivity contribution in [3.63, 3.8) is 0 Å². The summed E-state index contributed by atoms with van der Waals surface area (Å²) in [4.78, 5) is 28.5. The Bertz CT molecular complexity index is 660. The topological polar surface area (TPSA) is 52.7 Å². The van der Waals surface area contributed by atoms with Crippen LogP contribution in [0.2, 0.25) is 0 Å². The van der Waals surface area contributed by atoms with Crippen molar-refractivity contribution < 1.29 is 14.0 Å². The molecule has 26 heavy (non-hydrogen) atoms. The third-order valence-electron chi connectivity index (χ3n) is 5.87. The van der Waals surface area contributed by atoms with Crippen LogP contribution in [0.4, 0.5) is 10.1 Å². The number of amides is 2. The smallest absolute Gasteiger partial charge is 0.249 e. The SMILES string of the molecule is CC(CC(=O)N(C)C1CCN(c2ccccc2F)C1=O)C1CCNCC1. The van der Waals surface area contributed by atoms with Gasteiger partial charge in [-0.05, 0) is 56.3 Å². The van der Waals surface area contributed by atoms with E-state index in [9.17, 15) is 14.0 Å². The zero-order valence-electron chi connectivity index (χ0n) is 15.6. The zero-order chi connectivity index (χ0) is 18.7. The van der Waals surface area contributed by atoms with Crippen molar-refractivity contribution in [1.82, 2.24) is 10.2 Å². The average molecular weight is 361 g/mol. The molecule has 2 aliphatic heterocycles. The van der Waals surface area contributed by atoms with Crippen LogP contribution in [0, 0.1) is 17.7 Å². The van der Waals surface area contributed by atoms with Gasteiger partial charge in [0.1, 0.15) is 11.9 Å². The van der Waals surface area contributed by atoms with Gasteiger partial charge < -0.3 is 15.1 Å². The number of anilines is 1. The summed E-state index contributed by atoms with van der Waals surface area (Å²) < 4.78 is 14.0. The number of carbonyl (C=O) groups is 2. The van der Waals surface area contributed by atoms with Gasteiger partial charge in [-0.15, -0.1) is 0 Å². The first-order valence-electron chi connectivity index (χ1n) is 9.51. The number of benzene rings is 1. The second kappa shape index (κ2) is 8.16. The van der Waals surface area contributed by atoms with Gasteiger partial charge in [0.2, 0.25) is 11.8 Å². The highest BCUT2D eigenvalue weighted by Crippen LogP contribution is 2.28. The Morgan fingerprint density at radius 2 is 2.00 bits per heavy atom. The molecule has 2 saturated heterocycles. The molecule has 0 radical (unpaired) electrons. The number of nitrogens with zero attached hydrogens (tertiary/aromatic N) is 2. The molecule has 0 aromatic heterocycles. The molecule has 2 unspecified atom stereocenters. The molecular formula is C20H28FN3O2. The van der Waals surface area contributed by atoms with Gasteiger partial charge in [0, 0.05) is 20.0 Å². The molecule has 6 heteroatoms. The lowest BCUT2D eigenvalue weighted by atomic mass is 9.84. The summed E-state index contributed by atoms with van der Waals surface area (Å²) in [5, 5.41) is 3.35. The monoisotopic (exact) mass is 361 g/mol. The number of carbonyl (C=O) groups excluding carboxylic acids is 2. The second-order valence-electron chi connectivity index (χ2n) is 7.52. The van der Waals surface area contributed by atoms with E-state index >= 15 is 0 Å². The van der Waals surface area contributed by atoms with Crippen molar-refractivity contribution >= 4 is 17.5 Å². The lowest BCUT2D eigenvalue weighted by Gasteiger charge is -2.30. The first-order chi connectivity index (χ1) is 12.5. The molecule has 142 valence electrons. The number of hydrogen-bond acceptors (Lipinski definition) is 3. The number of para-hydroxylation sites is 1. The standard InChI is InChI=1S/C20H28FN3O2/c1-14(15-7-10-22-11-8-15)13-19(25)23(2)18-9-12-24(20(18)26)17-6-4-3-5-16(17)21/h3-6,14-15,18,22H,7-13H2,1-2H3. The largest absolute Gasteiger partial charge is 0.334 e. The van der Waals surface area contributed by atoms with Crippen molar-refractivity contribution in [1.29, 1.82) is 0 Å². The molecule has 0 spiro atoms. The number of likely N-dealkylation sites (N-methyl/N-ethyl adjacent to an activating group) is 1. The van der Waals surface area contributed by atoms with E-state index in [0.717, 1.165) is 25.9 Å². The normalized spacial score (nSPS) is 22.5. The van der Waals surface area contributed by atoms with Crippen LogP contribution >= 0.6 is 0 Å². The summed E-state index contributed by atoms with van der Waals surface area (Å²) in [7, 11) is 1.70. The van der Waals surface area contributed by atoms with Crippen LogP contribution < -0.4 is 10.2 Å². The van der Waals surface area contributed by atoms with Crippen LogP contribution in [0.5, 0.6) is 0 Å². The van der Waals surface area contributed by atoms with Crippen molar-refractivity contribution in [2.75, 3.05) is 31.6 Å². The van der Waals surface area contributed by atoms with Crippen LogP contribution in [0.3, 0.4) is 0 Å². The number of rotatable bonds is 5. The molecule has 2 heterocycles. The Morgan fingerprint density at radius 1 is 1.31 bits per heavy atom. The number of halogens is 1. The van der Waals surface area contributed by atoms with Crippen LogP contribution in [0.1, 0.15) is 32.6 Å². The van der Waals surface area contributed by atoms with Gasteiger partial charge in [0.05, 0.1) is 5.69 Å². The molecule has 5 nitrogen and oxygen atoms in total. The van der Waals surface area contributed by atoms with Crippen LogP contribution in [-0.2, 0) is 9.59 Å². The van der Waals surface area contributed by atoms with Crippen molar-refractivity contribution in [3.05, 3.63) is 30.1 Å². The summed E-state index contributed by atoms with van der Waals surface area (Å²) in [6.07, 6.45) is 3.20. The van der Waals surface area contributed by atoms with E-state index in [0.29, 0.717) is 36.9 Å². The minimum Gasteiger partial charge on any atom is -0.334 e. The molecule has 2 fully saturated rings. The first kappa shape index (κ1) is 18.8. The molecule has 0 aliphatic carbocycles. The predicted molar refractivity (Wildman–Crippen MR) is 99.3 cm³/mol. The summed E-state index contributed by atoms with van der Waals surface area (Å²) in [5.41, 5.74) is 0.295. The van der Waals surface area contributed by atoms with Gasteiger partial charge >= 0.3 is 0 Å². The Balaban J connectivity index is 1.61. The molecular weight excluding hydrogens is 333 g/mol. The van der Waals surface area contributed by atoms with E-state index in [1.54, 1.807) is 30.1 Å². The molecule has 1 aromatic carbocycles. The fraction of sp³-hybridized carbons (Fsp3) is 0.600. The maximum Gasteiger partial charge on any atom is 0.249 e. The zero-order valence-corrected chi connectivity index (χ0v) is 15.6. The van der Waals surface area contributed by atoms with E-state index in [1.165, 1.54) is 11.0 Å². The molecule has 2 aliphatic rings. The lowest BCUT2D eigenvalue weighted by molar-refractivity contribution is -0.137. The molecule has 0 saturated carbocycles. The van der Waals surface area contributed by atoms with Gasteiger partial charge in [-0.1, -0.05) is 19.1 Å². The molecule has 2 amide bonds. The van der Waals surface area contributed by atoms with E-state index < -0.39 is 11.9 Å². The maximum absolute atomic E-state index is 14.0. The van der Waals surface area contributed by atoms with Crippen molar-refractivity contribution in [3.8, 4) is 0 Å². The summed E-state index contributed by atoms with van der Waals surface area (Å²) in [6, 6.07) is 5.79. The minimum absolute atomic E-state index is 0.00441. The Morgan fingerprint density at radius 3 is 2.69 bits per heavy atom. The number of piperidine rings is 1. The van der Waals surface area contributed by atoms with Gasteiger partial charge in [-0.2, -0.15) is 0 Å². The first-order valence-corrected chi connectivity index (χ1v) is 9.51. The van der Waals surface area contributed by atoms with Crippen LogP contribution in [0.15, 0.2) is 24.3 Å². The van der Waals surface area contributed by atoms with E-state index in [2.05, 4.69) is 12.2 Å². The van der Waals surface area contributed by atoms with Crippen LogP contribution in [-0.4, -0.2) is 49.4 Å². The Labute approximate surface area is 154 Å². The summed E-state index contributed by atoms with van der Waals surface area (Å²) in [5.74, 6) is 0.272. The third kappa shape index (κ3) is 3.90. The third-order valence-corrected chi connectivity index (χ3v) is 5.87. The fourth-order valence-corrected chi connectivity index (χ4v) is 4.11. The molecule has 0 bridgehead atoms. The molecule has 2 atom stereocenters. The van der Waals surface area contributed by atoms with Gasteiger partial charge in [0.25, 0.3) is 0 Å². The van der Waals surface area contributed by atoms with Crippen LogP contribution in [0.25, 0.3) is 0 Å². The van der Waals surface area contributed by atoms with Gasteiger partial charge in [-0.25, -0.2) is 4.39 Å². The Kier molecular flexibility index (Phi) is 5.91. The molecule has 1 N–H and O–H groups in total. The van der Waals surface area contributed by atoms with E-state index in [-0.39, 0.29) is 11.8 Å². The number of hydrogen-bond donors (Lipinski definition) is 1. The highest BCUT2D eigenvalue weighted by molar-refractivity contribution is 6.01. The maximum atomic E-state index is 14.0. The molecule has 3 rings (SSSR count). The Hall–Kier alpha value is -1.95. The quantitative estimate of drug-likeness (QED) is 0.876. The second-order valence-corrected chi connectivity index (χ2v) is 7.52. The lowest BCUT2D eigenvalue weighted by Crippen LogP contribution is -2.44. The van der Waals surface area contributed by atoms with E-state index in [4.69, 9.17) is 0 Å². The fourth-order valence-electron chi connectivity index (χ4n) is 4.11. The van der Waals surface area contributed by atoms with Gasteiger partial charge in [-0.3, -0.25) is 9.59 Å². The van der Waals surface area contributed by atoms with Crippen molar-refractivity contribution in [2.24, 2.45) is 11.8 Å². The highest BCUT2D eigenvalue weighted by Gasteiger charge is 2.38. The number of nitrogens with one attached hydrogen (secondary N) is 1. The highest BCUT2D eigenvalue weighted by atomic mass is 19.1. The average Bonchev–Trinajstić information content (AvgIpc) is 3.03. The minimum atomic E-state index is -0.498. The molecule has 1 aromatic rings. The summed E-state index contributed by atoms with van der Waals surface area (Å²) >= 11 is 0. The van der Waals surface area contributed by atoms with E-state index in [1.807, 2.05) is 0 Å².